The van der Waals surface area contributed by atoms with Crippen LogP contribution in [0, 0.1) is 0 Å². The van der Waals surface area contributed by atoms with Crippen LogP contribution in [0.15, 0.2) is 74.0 Å². The van der Waals surface area contributed by atoms with E-state index < -0.39 is 0 Å². The normalized spacial score (nSPS) is 18.9. The molecule has 0 aromatic rings. The van der Waals surface area contributed by atoms with Crippen molar-refractivity contribution in [3.63, 3.8) is 0 Å². The molecule has 142 valence electrons. The Hall–Kier alpha value is -2.82. The zero-order valence-electron chi connectivity index (χ0n) is 17.1. The summed E-state index contributed by atoms with van der Waals surface area (Å²) in [6.07, 6.45) is 9.20. The topological polar surface area (TPSA) is 57.4 Å². The molecular weight excluding hydrogens is 336 g/mol. The molecule has 0 atom stereocenters. The number of fused-ring (bicyclic) bond motifs is 1. The summed E-state index contributed by atoms with van der Waals surface area (Å²) in [5.41, 5.74) is 4.98. The first-order chi connectivity index (χ1) is 12.8. The summed E-state index contributed by atoms with van der Waals surface area (Å²) >= 11 is 0. The van der Waals surface area contributed by atoms with Crippen molar-refractivity contribution in [3.8, 4) is 0 Å². The smallest absolute Gasteiger partial charge is 0.226 e. The summed E-state index contributed by atoms with van der Waals surface area (Å²) in [5.74, 6) is 0.543. The lowest BCUT2D eigenvalue weighted by Gasteiger charge is -2.21. The molecule has 0 fully saturated rings. The van der Waals surface area contributed by atoms with Crippen molar-refractivity contribution in [2.75, 3.05) is 14.1 Å². The molecule has 0 saturated heterocycles. The fraction of sp³-hybridized carbons (Fsp3) is 0.364. The number of carbonyl (C=O) groups excluding carboxylic acids is 1. The molecule has 5 nitrogen and oxygen atoms in total. The molecule has 0 saturated carbocycles. The fourth-order valence-electron chi connectivity index (χ4n) is 2.76. The maximum Gasteiger partial charge on any atom is 0.226 e. The minimum absolute atomic E-state index is 0.0384. The number of allylic oxidation sites excluding steroid dienone is 7. The Kier molecular flexibility index (Phi) is 6.61. The quantitative estimate of drug-likeness (QED) is 0.412. The number of unbranched alkanes of at least 4 members (excludes halogenated alkanes) is 1. The molecule has 0 unspecified atom stereocenters. The highest BCUT2D eigenvalue weighted by Crippen LogP contribution is 2.35. The monoisotopic (exact) mass is 364 g/mol. The van der Waals surface area contributed by atoms with Crippen LogP contribution in [0.3, 0.4) is 0 Å². The highest BCUT2D eigenvalue weighted by atomic mass is 16.1. The lowest BCUT2D eigenvalue weighted by atomic mass is 9.82. The van der Waals surface area contributed by atoms with Gasteiger partial charge >= 0.3 is 0 Å². The van der Waals surface area contributed by atoms with Crippen molar-refractivity contribution >= 4 is 23.2 Å². The van der Waals surface area contributed by atoms with Crippen LogP contribution in [0.1, 0.15) is 40.5 Å². The van der Waals surface area contributed by atoms with Crippen molar-refractivity contribution in [1.29, 1.82) is 0 Å². The second-order valence-electron chi connectivity index (χ2n) is 6.97. The number of carbonyl (C=O) groups is 1. The Morgan fingerprint density at radius 1 is 1.22 bits per heavy atom. The summed E-state index contributed by atoms with van der Waals surface area (Å²) in [7, 11) is 3.77. The summed E-state index contributed by atoms with van der Waals surface area (Å²) in [6, 6.07) is 0. The Balaban J connectivity index is 2.59. The lowest BCUT2D eigenvalue weighted by molar-refractivity contribution is -0.111. The summed E-state index contributed by atoms with van der Waals surface area (Å²) < 4.78 is 0. The number of rotatable bonds is 5. The molecule has 27 heavy (non-hydrogen) atoms. The molecule has 5 heteroatoms. The third kappa shape index (κ3) is 4.48. The van der Waals surface area contributed by atoms with Gasteiger partial charge in [-0.3, -0.25) is 9.79 Å². The average Bonchev–Trinajstić information content (AvgIpc) is 3.04. The maximum absolute atomic E-state index is 13.2. The third-order valence-corrected chi connectivity index (χ3v) is 4.16. The van der Waals surface area contributed by atoms with E-state index in [2.05, 4.69) is 28.5 Å². The van der Waals surface area contributed by atoms with E-state index >= 15 is 0 Å². The average molecular weight is 364 g/mol. The predicted octanol–water partition coefficient (Wildman–Crippen LogP) is 4.42. The van der Waals surface area contributed by atoms with Crippen LogP contribution in [-0.4, -0.2) is 42.2 Å². The first kappa shape index (κ1) is 20.5. The fourth-order valence-corrected chi connectivity index (χ4v) is 2.76. The molecule has 1 aliphatic carbocycles. The first-order valence-corrected chi connectivity index (χ1v) is 9.16. The number of nitrogens with zero attached hydrogens (tertiary/aromatic N) is 4. The maximum atomic E-state index is 13.2. The number of guanidine groups is 1. The van der Waals surface area contributed by atoms with E-state index in [1.807, 2.05) is 58.0 Å². The Morgan fingerprint density at radius 3 is 2.52 bits per heavy atom. The van der Waals surface area contributed by atoms with Gasteiger partial charge in [0.2, 0.25) is 5.96 Å². The second kappa shape index (κ2) is 8.71. The van der Waals surface area contributed by atoms with Crippen molar-refractivity contribution in [3.05, 3.63) is 59.0 Å². The predicted molar refractivity (Wildman–Crippen MR) is 114 cm³/mol. The van der Waals surface area contributed by atoms with Crippen LogP contribution >= 0.6 is 0 Å². The molecule has 0 amide bonds. The molecule has 0 N–H and O–H groups in total. The van der Waals surface area contributed by atoms with Crippen molar-refractivity contribution < 1.29 is 4.79 Å². The zero-order valence-corrected chi connectivity index (χ0v) is 17.1. The van der Waals surface area contributed by atoms with E-state index in [0.29, 0.717) is 34.1 Å². The van der Waals surface area contributed by atoms with Crippen LogP contribution < -0.4 is 0 Å². The molecular formula is C22H28N4O. The van der Waals surface area contributed by atoms with Gasteiger partial charge in [0.05, 0.1) is 5.57 Å². The molecule has 0 bridgehead atoms. The van der Waals surface area contributed by atoms with Crippen LogP contribution in [0.2, 0.25) is 0 Å². The van der Waals surface area contributed by atoms with E-state index in [-0.39, 0.29) is 5.78 Å². The zero-order chi connectivity index (χ0) is 20.1. The van der Waals surface area contributed by atoms with E-state index in [9.17, 15) is 4.79 Å². The van der Waals surface area contributed by atoms with Gasteiger partial charge in [0.25, 0.3) is 0 Å². The number of hydrogen-bond acceptors (Lipinski definition) is 5. The summed E-state index contributed by atoms with van der Waals surface area (Å²) in [6.45, 7) is 12.0. The highest BCUT2D eigenvalue weighted by Gasteiger charge is 2.36. The van der Waals surface area contributed by atoms with E-state index in [4.69, 9.17) is 0 Å². The van der Waals surface area contributed by atoms with E-state index in [1.54, 1.807) is 6.20 Å². The van der Waals surface area contributed by atoms with Crippen LogP contribution in [0.4, 0.5) is 0 Å². The molecule has 0 spiro atoms. The summed E-state index contributed by atoms with van der Waals surface area (Å²) in [5, 5.41) is 0. The van der Waals surface area contributed by atoms with Gasteiger partial charge in [0, 0.05) is 37.2 Å². The van der Waals surface area contributed by atoms with Gasteiger partial charge < -0.3 is 4.90 Å². The van der Waals surface area contributed by atoms with E-state index in [0.717, 1.165) is 24.1 Å². The lowest BCUT2D eigenvalue weighted by Crippen LogP contribution is -2.23. The Morgan fingerprint density at radius 2 is 1.93 bits per heavy atom. The van der Waals surface area contributed by atoms with Gasteiger partial charge in [-0.25, -0.2) is 9.98 Å². The number of aliphatic imine (C=N–C) groups is 3. The SMILES string of the molecule is C=C1C2=NC(N(C)C)=NC2=C(/C(C)=C/C=C\N=C(C)C)C(=O)/C1=C/CCC. The van der Waals surface area contributed by atoms with Gasteiger partial charge in [-0.05, 0) is 38.8 Å². The molecule has 0 aromatic heterocycles. The second-order valence-corrected chi connectivity index (χ2v) is 6.97. The van der Waals surface area contributed by atoms with Crippen LogP contribution in [0.25, 0.3) is 0 Å². The Bertz CT molecular complexity index is 870. The first-order valence-electron chi connectivity index (χ1n) is 9.16. The van der Waals surface area contributed by atoms with Crippen molar-refractivity contribution in [2.45, 2.75) is 40.5 Å². The van der Waals surface area contributed by atoms with Crippen molar-refractivity contribution in [2.24, 2.45) is 15.0 Å². The van der Waals surface area contributed by atoms with Gasteiger partial charge in [-0.15, -0.1) is 0 Å². The van der Waals surface area contributed by atoms with E-state index in [1.165, 1.54) is 0 Å². The van der Waals surface area contributed by atoms with Crippen LogP contribution in [-0.2, 0) is 4.79 Å². The largest absolute Gasteiger partial charge is 0.347 e. The van der Waals surface area contributed by atoms with Gasteiger partial charge in [-0.1, -0.05) is 32.1 Å². The molecule has 2 aliphatic rings. The third-order valence-electron chi connectivity index (χ3n) is 4.16. The highest BCUT2D eigenvalue weighted by molar-refractivity contribution is 6.35. The molecule has 1 heterocycles. The molecule has 0 aromatic carbocycles. The van der Waals surface area contributed by atoms with Crippen LogP contribution in [0.5, 0.6) is 0 Å². The molecule has 0 radical (unpaired) electrons. The van der Waals surface area contributed by atoms with Gasteiger partial charge in [0.1, 0.15) is 11.4 Å². The molecule has 2 rings (SSSR count). The Labute approximate surface area is 162 Å². The minimum atomic E-state index is -0.0384. The number of ketones is 1. The van der Waals surface area contributed by atoms with Crippen molar-refractivity contribution in [1.82, 2.24) is 4.90 Å². The van der Waals surface area contributed by atoms with Gasteiger partial charge in [0.15, 0.2) is 5.78 Å². The standard InChI is InChI=1S/C22H28N4O/c1-8-9-12-17-16(5)19-20(25-22(24-19)26(6)7)18(21(17)27)15(4)11-10-13-23-14(2)3/h10-13H,5,8-9H2,1-4,6-7H3/b13-10-,15-11+,17-12+. The number of Topliss-reactive ketones (excluding diaryl/α,β-unsaturated/α-hetero) is 1. The number of hydrogen-bond donors (Lipinski definition) is 0. The van der Waals surface area contributed by atoms with Gasteiger partial charge in [-0.2, -0.15) is 0 Å². The molecule has 1 aliphatic heterocycles. The minimum Gasteiger partial charge on any atom is -0.347 e. The summed E-state index contributed by atoms with van der Waals surface area (Å²) in [4.78, 5) is 28.5.